The first-order valence-electron chi connectivity index (χ1n) is 8.23. The predicted octanol–water partition coefficient (Wildman–Crippen LogP) is 5.89. The highest BCUT2D eigenvalue weighted by Gasteiger charge is 2.08. The van der Waals surface area contributed by atoms with E-state index in [1.165, 1.54) is 37.7 Å². The van der Waals surface area contributed by atoms with Gasteiger partial charge < -0.3 is 4.74 Å². The average molecular weight is 278 g/mol. The fourth-order valence-electron chi connectivity index (χ4n) is 1.84. The number of ether oxygens (including phenoxy) is 1. The standard InChI is InChI=1S/C19H34O/c1-6-7-8-9-10-11-12-15-18(2)16-13-14-17-20-19(3,4)5/h15H,6-10,13-14,16-17H2,1-5H3/b18-15-. The van der Waals surface area contributed by atoms with Gasteiger partial charge in [-0.25, -0.2) is 0 Å². The summed E-state index contributed by atoms with van der Waals surface area (Å²) in [6.07, 6.45) is 11.8. The van der Waals surface area contributed by atoms with E-state index in [1.54, 1.807) is 0 Å². The van der Waals surface area contributed by atoms with Crippen molar-refractivity contribution in [1.82, 2.24) is 0 Å². The fraction of sp³-hybridized carbons (Fsp3) is 0.789. The molecule has 0 aromatic rings. The second-order valence-electron chi connectivity index (χ2n) is 6.54. The molecule has 0 amide bonds. The highest BCUT2D eigenvalue weighted by Crippen LogP contribution is 2.10. The maximum Gasteiger partial charge on any atom is 0.0598 e. The quantitative estimate of drug-likeness (QED) is 0.377. The van der Waals surface area contributed by atoms with Crippen molar-refractivity contribution < 1.29 is 4.74 Å². The van der Waals surface area contributed by atoms with Gasteiger partial charge >= 0.3 is 0 Å². The zero-order chi connectivity index (χ0) is 15.3. The fourth-order valence-corrected chi connectivity index (χ4v) is 1.84. The summed E-state index contributed by atoms with van der Waals surface area (Å²) in [5, 5.41) is 0. The van der Waals surface area contributed by atoms with Crippen molar-refractivity contribution in [2.75, 3.05) is 6.61 Å². The number of allylic oxidation sites excluding steroid dienone is 2. The normalized spacial score (nSPS) is 12.2. The first kappa shape index (κ1) is 19.3. The molecule has 0 rings (SSSR count). The summed E-state index contributed by atoms with van der Waals surface area (Å²) in [7, 11) is 0. The lowest BCUT2D eigenvalue weighted by Gasteiger charge is -2.19. The lowest BCUT2D eigenvalue weighted by Crippen LogP contribution is -2.19. The van der Waals surface area contributed by atoms with Crippen LogP contribution in [-0.2, 0) is 4.74 Å². The largest absolute Gasteiger partial charge is 0.376 e. The Morgan fingerprint density at radius 1 is 1.05 bits per heavy atom. The molecule has 20 heavy (non-hydrogen) atoms. The summed E-state index contributed by atoms with van der Waals surface area (Å²) in [4.78, 5) is 0. The van der Waals surface area contributed by atoms with Crippen LogP contribution in [0.25, 0.3) is 0 Å². The van der Waals surface area contributed by atoms with Crippen LogP contribution < -0.4 is 0 Å². The van der Waals surface area contributed by atoms with Crippen molar-refractivity contribution in [2.45, 2.75) is 91.6 Å². The zero-order valence-electron chi connectivity index (χ0n) is 14.3. The molecular weight excluding hydrogens is 244 g/mol. The van der Waals surface area contributed by atoms with Gasteiger partial charge in [-0.15, -0.1) is 0 Å². The van der Waals surface area contributed by atoms with Gasteiger partial charge in [0.1, 0.15) is 0 Å². The molecule has 0 aliphatic rings. The molecule has 0 aliphatic carbocycles. The molecule has 0 saturated heterocycles. The summed E-state index contributed by atoms with van der Waals surface area (Å²) in [6, 6.07) is 0. The van der Waals surface area contributed by atoms with Gasteiger partial charge in [-0.05, 0) is 59.5 Å². The van der Waals surface area contributed by atoms with Crippen LogP contribution in [0.4, 0.5) is 0 Å². The molecule has 0 N–H and O–H groups in total. The van der Waals surface area contributed by atoms with E-state index in [4.69, 9.17) is 4.74 Å². The molecule has 0 aromatic heterocycles. The Labute approximate surface area is 127 Å². The van der Waals surface area contributed by atoms with E-state index in [-0.39, 0.29) is 5.60 Å². The highest BCUT2D eigenvalue weighted by molar-refractivity contribution is 5.19. The van der Waals surface area contributed by atoms with Gasteiger partial charge in [0.2, 0.25) is 0 Å². The smallest absolute Gasteiger partial charge is 0.0598 e. The van der Waals surface area contributed by atoms with Gasteiger partial charge in [0.25, 0.3) is 0 Å². The maximum atomic E-state index is 5.71. The molecule has 1 heteroatoms. The van der Waals surface area contributed by atoms with E-state index < -0.39 is 0 Å². The van der Waals surface area contributed by atoms with Crippen LogP contribution in [0.1, 0.15) is 86.0 Å². The second kappa shape index (κ2) is 12.0. The topological polar surface area (TPSA) is 9.23 Å². The molecule has 0 bridgehead atoms. The molecule has 0 spiro atoms. The van der Waals surface area contributed by atoms with E-state index in [2.05, 4.69) is 52.5 Å². The molecule has 0 atom stereocenters. The van der Waals surface area contributed by atoms with Crippen LogP contribution in [0.3, 0.4) is 0 Å². The van der Waals surface area contributed by atoms with Crippen molar-refractivity contribution in [3.63, 3.8) is 0 Å². The average Bonchev–Trinajstić information content (AvgIpc) is 2.36. The van der Waals surface area contributed by atoms with Crippen LogP contribution in [0.5, 0.6) is 0 Å². The van der Waals surface area contributed by atoms with Gasteiger partial charge in [0, 0.05) is 13.0 Å². The van der Waals surface area contributed by atoms with Gasteiger partial charge in [-0.2, -0.15) is 0 Å². The Kier molecular flexibility index (Phi) is 11.6. The molecule has 0 unspecified atom stereocenters. The molecule has 0 radical (unpaired) electrons. The summed E-state index contributed by atoms with van der Waals surface area (Å²) in [6.45, 7) is 11.6. The Bertz CT molecular complexity index is 309. The Balaban J connectivity index is 3.58. The molecule has 0 fully saturated rings. The van der Waals surface area contributed by atoms with Crippen molar-refractivity contribution in [3.8, 4) is 11.8 Å². The minimum Gasteiger partial charge on any atom is -0.376 e. The molecule has 0 saturated carbocycles. The number of unbranched alkanes of at least 4 members (excludes halogenated alkanes) is 5. The molecule has 0 aromatic carbocycles. The third kappa shape index (κ3) is 15.3. The number of hydrogen-bond donors (Lipinski definition) is 0. The van der Waals surface area contributed by atoms with Crippen molar-refractivity contribution in [2.24, 2.45) is 0 Å². The second-order valence-corrected chi connectivity index (χ2v) is 6.54. The monoisotopic (exact) mass is 278 g/mol. The van der Waals surface area contributed by atoms with Gasteiger partial charge in [-0.1, -0.05) is 43.6 Å². The Morgan fingerprint density at radius 3 is 2.45 bits per heavy atom. The first-order chi connectivity index (χ1) is 9.45. The molecular formula is C19H34O. The summed E-state index contributed by atoms with van der Waals surface area (Å²) in [5.41, 5.74) is 1.38. The minimum absolute atomic E-state index is 0.00582. The van der Waals surface area contributed by atoms with Gasteiger partial charge in [0.15, 0.2) is 0 Å². The lowest BCUT2D eigenvalue weighted by atomic mass is 10.1. The summed E-state index contributed by atoms with van der Waals surface area (Å²) >= 11 is 0. The van der Waals surface area contributed by atoms with Gasteiger partial charge in [0.05, 0.1) is 5.60 Å². The van der Waals surface area contributed by atoms with Crippen molar-refractivity contribution >= 4 is 0 Å². The SMILES string of the molecule is CCCCCCC#C/C=C(/C)CCCCOC(C)(C)C. The van der Waals surface area contributed by atoms with E-state index in [0.29, 0.717) is 0 Å². The molecule has 0 heterocycles. The number of hydrogen-bond acceptors (Lipinski definition) is 1. The first-order valence-corrected chi connectivity index (χ1v) is 8.23. The summed E-state index contributed by atoms with van der Waals surface area (Å²) in [5.74, 6) is 6.43. The van der Waals surface area contributed by atoms with E-state index in [1.807, 2.05) is 0 Å². The maximum absolute atomic E-state index is 5.71. The molecule has 0 aliphatic heterocycles. The van der Waals surface area contributed by atoms with E-state index >= 15 is 0 Å². The highest BCUT2D eigenvalue weighted by atomic mass is 16.5. The zero-order valence-corrected chi connectivity index (χ0v) is 14.3. The molecule has 1 nitrogen and oxygen atoms in total. The van der Waals surface area contributed by atoms with Crippen molar-refractivity contribution in [3.05, 3.63) is 11.6 Å². The van der Waals surface area contributed by atoms with Crippen LogP contribution >= 0.6 is 0 Å². The van der Waals surface area contributed by atoms with E-state index in [9.17, 15) is 0 Å². The predicted molar refractivity (Wildman–Crippen MR) is 89.8 cm³/mol. The van der Waals surface area contributed by atoms with Crippen LogP contribution in [0, 0.1) is 11.8 Å². The summed E-state index contributed by atoms with van der Waals surface area (Å²) < 4.78 is 5.71. The van der Waals surface area contributed by atoms with E-state index in [0.717, 1.165) is 25.9 Å². The Morgan fingerprint density at radius 2 is 1.80 bits per heavy atom. The van der Waals surface area contributed by atoms with Crippen LogP contribution in [0.15, 0.2) is 11.6 Å². The lowest BCUT2D eigenvalue weighted by molar-refractivity contribution is -0.00451. The third-order valence-electron chi connectivity index (χ3n) is 3.08. The van der Waals surface area contributed by atoms with Gasteiger partial charge in [-0.3, -0.25) is 0 Å². The third-order valence-corrected chi connectivity index (χ3v) is 3.08. The van der Waals surface area contributed by atoms with Crippen molar-refractivity contribution in [1.29, 1.82) is 0 Å². The van der Waals surface area contributed by atoms with Crippen LogP contribution in [-0.4, -0.2) is 12.2 Å². The number of rotatable bonds is 9. The minimum atomic E-state index is -0.00582. The van der Waals surface area contributed by atoms with Crippen LogP contribution in [0.2, 0.25) is 0 Å². The molecule has 116 valence electrons. The Hall–Kier alpha value is -0.740.